The molecule has 0 bridgehead atoms. The van der Waals surface area contributed by atoms with Crippen LogP contribution in [0.15, 0.2) is 65.4 Å². The number of carboxylic acids is 1. The Balaban J connectivity index is 0.000000860. The van der Waals surface area contributed by atoms with Crippen LogP contribution in [-0.2, 0) is 9.59 Å². The van der Waals surface area contributed by atoms with Gasteiger partial charge in [-0.15, -0.1) is 0 Å². The zero-order valence-electron chi connectivity index (χ0n) is 23.7. The van der Waals surface area contributed by atoms with Crippen LogP contribution >= 0.6 is 15.9 Å². The van der Waals surface area contributed by atoms with Crippen molar-refractivity contribution in [1.29, 1.82) is 5.41 Å². The number of carboxylic acid groups (broad SMARTS) is 1. The molecule has 1 atom stereocenters. The summed E-state index contributed by atoms with van der Waals surface area (Å²) < 4.78 is 43.8. The van der Waals surface area contributed by atoms with Crippen molar-refractivity contribution in [2.24, 2.45) is 5.73 Å². The van der Waals surface area contributed by atoms with Crippen molar-refractivity contribution in [2.45, 2.75) is 39.1 Å². The first-order valence-electron chi connectivity index (χ1n) is 12.8. The van der Waals surface area contributed by atoms with E-state index in [2.05, 4.69) is 37.1 Å². The van der Waals surface area contributed by atoms with Gasteiger partial charge in [-0.05, 0) is 84.7 Å². The van der Waals surface area contributed by atoms with Crippen molar-refractivity contribution in [3.8, 4) is 11.5 Å². The highest BCUT2D eigenvalue weighted by molar-refractivity contribution is 9.10. The molecular weight excluding hydrogens is 653 g/mol. The highest BCUT2D eigenvalue weighted by Gasteiger charge is 2.38. The smallest absolute Gasteiger partial charge is 0.490 e. The third-order valence-corrected chi connectivity index (χ3v) is 5.92. The number of anilines is 1. The molecule has 236 valence electrons. The normalized spacial score (nSPS) is 11.4. The summed E-state index contributed by atoms with van der Waals surface area (Å²) in [4.78, 5) is 38.8. The van der Waals surface area contributed by atoms with Crippen LogP contribution in [0.2, 0.25) is 0 Å². The number of carbonyl (C=O) groups is 3. The lowest BCUT2D eigenvalue weighted by molar-refractivity contribution is -0.192. The zero-order chi connectivity index (χ0) is 33.0. The maximum Gasteiger partial charge on any atom is 0.490 e. The quantitative estimate of drug-likeness (QED) is 0.101. The van der Waals surface area contributed by atoms with Gasteiger partial charge in [0.1, 0.15) is 11.9 Å². The number of hydrazine groups is 1. The molecule has 2 amide bonds. The Kier molecular flexibility index (Phi) is 12.9. The maximum atomic E-state index is 13.3. The van der Waals surface area contributed by atoms with Crippen LogP contribution in [0.5, 0.6) is 11.5 Å². The summed E-state index contributed by atoms with van der Waals surface area (Å²) in [5, 5.41) is 17.9. The summed E-state index contributed by atoms with van der Waals surface area (Å²) in [5.74, 6) is -2.80. The Labute approximate surface area is 258 Å². The number of nitrogen functional groups attached to an aromatic ring is 1. The van der Waals surface area contributed by atoms with Crippen LogP contribution in [0.4, 0.5) is 18.9 Å². The monoisotopic (exact) mass is 682 g/mol. The van der Waals surface area contributed by atoms with E-state index in [9.17, 15) is 22.8 Å². The van der Waals surface area contributed by atoms with E-state index in [4.69, 9.17) is 30.5 Å². The molecule has 1 aromatic heterocycles. The van der Waals surface area contributed by atoms with Crippen molar-refractivity contribution in [3.05, 3.63) is 82.1 Å². The summed E-state index contributed by atoms with van der Waals surface area (Å²) in [6, 6.07) is 12.6. The summed E-state index contributed by atoms with van der Waals surface area (Å²) in [6.07, 6.45) is -2.18. The first-order chi connectivity index (χ1) is 20.6. The molecule has 0 fully saturated rings. The predicted molar refractivity (Wildman–Crippen MR) is 158 cm³/mol. The number of halogens is 4. The van der Waals surface area contributed by atoms with Gasteiger partial charge < -0.3 is 25.6 Å². The molecule has 3 rings (SSSR count). The van der Waals surface area contributed by atoms with Gasteiger partial charge in [-0.3, -0.25) is 30.8 Å². The van der Waals surface area contributed by atoms with Crippen LogP contribution in [-0.4, -0.2) is 52.6 Å². The lowest BCUT2D eigenvalue weighted by Gasteiger charge is -2.22. The highest BCUT2D eigenvalue weighted by Crippen LogP contribution is 2.33. The molecule has 0 saturated carbocycles. The lowest BCUT2D eigenvalue weighted by atomic mass is 10.0. The number of pyridine rings is 1. The fourth-order valence-corrected chi connectivity index (χ4v) is 3.78. The van der Waals surface area contributed by atoms with Gasteiger partial charge in [-0.25, -0.2) is 4.79 Å². The number of hydrogen-bond acceptors (Lipinski definition) is 8. The van der Waals surface area contributed by atoms with Crippen molar-refractivity contribution >= 4 is 45.2 Å². The second-order valence-corrected chi connectivity index (χ2v) is 9.83. The molecule has 0 aliphatic carbocycles. The van der Waals surface area contributed by atoms with Gasteiger partial charge in [0, 0.05) is 28.1 Å². The molecule has 16 heteroatoms. The molecular formula is C28H30BrF3N6O6. The highest BCUT2D eigenvalue weighted by atomic mass is 79.9. The maximum absolute atomic E-state index is 13.3. The molecule has 0 radical (unpaired) electrons. The van der Waals surface area contributed by atoms with Crippen LogP contribution in [0, 0.1) is 5.41 Å². The Morgan fingerprint density at radius 2 is 1.70 bits per heavy atom. The van der Waals surface area contributed by atoms with Crippen molar-refractivity contribution in [3.63, 3.8) is 0 Å². The SMILES string of the molecule is CCOc1cc(C(Nc2ccc(C(=N)N)cc2)C(=O)NNC(=O)c2ccncc2Br)ccc1OC(C)C.O=C(O)C(F)(F)F. The van der Waals surface area contributed by atoms with E-state index in [0.717, 1.165) is 0 Å². The molecule has 0 aliphatic heterocycles. The number of aliphatic carboxylic acids is 1. The minimum absolute atomic E-state index is 0.0621. The van der Waals surface area contributed by atoms with Crippen LogP contribution in [0.1, 0.15) is 48.3 Å². The molecule has 2 aromatic carbocycles. The van der Waals surface area contributed by atoms with Crippen molar-refractivity contribution in [2.75, 3.05) is 11.9 Å². The number of hydrogen-bond donors (Lipinski definition) is 6. The fraction of sp³-hybridized carbons (Fsp3) is 0.250. The number of nitrogens with zero attached hydrogens (tertiary/aromatic N) is 1. The van der Waals surface area contributed by atoms with Crippen LogP contribution in [0.3, 0.4) is 0 Å². The van der Waals surface area contributed by atoms with Crippen LogP contribution < -0.4 is 31.4 Å². The molecule has 44 heavy (non-hydrogen) atoms. The average molecular weight is 683 g/mol. The number of carbonyl (C=O) groups excluding carboxylic acids is 2. The predicted octanol–water partition coefficient (Wildman–Crippen LogP) is 4.56. The molecule has 7 N–H and O–H groups in total. The van der Waals surface area contributed by atoms with E-state index in [-0.39, 0.29) is 11.9 Å². The molecule has 0 spiro atoms. The molecule has 0 aliphatic rings. The number of nitrogens with one attached hydrogen (secondary N) is 4. The van der Waals surface area contributed by atoms with Gasteiger partial charge in [0.15, 0.2) is 11.5 Å². The molecule has 3 aromatic rings. The van der Waals surface area contributed by atoms with E-state index >= 15 is 0 Å². The number of benzene rings is 2. The summed E-state index contributed by atoms with van der Waals surface area (Å²) in [6.45, 7) is 6.09. The number of amides is 2. The number of amidine groups is 1. The van der Waals surface area contributed by atoms with Gasteiger partial charge in [0.2, 0.25) is 0 Å². The third-order valence-electron chi connectivity index (χ3n) is 5.29. The molecule has 1 heterocycles. The van der Waals surface area contributed by atoms with Crippen molar-refractivity contribution in [1.82, 2.24) is 15.8 Å². The summed E-state index contributed by atoms with van der Waals surface area (Å²) in [5.41, 5.74) is 12.5. The van der Waals surface area contributed by atoms with Gasteiger partial charge in [0.25, 0.3) is 11.8 Å². The molecule has 12 nitrogen and oxygen atoms in total. The lowest BCUT2D eigenvalue weighted by Crippen LogP contribution is -2.45. The first-order valence-corrected chi connectivity index (χ1v) is 13.6. The van der Waals surface area contributed by atoms with E-state index in [1.54, 1.807) is 42.5 Å². The molecule has 0 saturated heterocycles. The first kappa shape index (κ1) is 35.3. The van der Waals surface area contributed by atoms with Gasteiger partial charge in [0.05, 0.1) is 18.3 Å². The number of rotatable bonds is 10. The number of ether oxygens (including phenoxy) is 2. The molecule has 1 unspecified atom stereocenters. The van der Waals surface area contributed by atoms with E-state index < -0.39 is 30.0 Å². The van der Waals surface area contributed by atoms with E-state index in [0.29, 0.717) is 45.0 Å². The summed E-state index contributed by atoms with van der Waals surface area (Å²) in [7, 11) is 0. The summed E-state index contributed by atoms with van der Waals surface area (Å²) >= 11 is 3.28. The minimum Gasteiger partial charge on any atom is -0.490 e. The third kappa shape index (κ3) is 10.8. The minimum atomic E-state index is -5.08. The zero-order valence-corrected chi connectivity index (χ0v) is 25.2. The van der Waals surface area contributed by atoms with Crippen LogP contribution in [0.25, 0.3) is 0 Å². The standard InChI is InChI=1S/C26H29BrN6O4.C2HF3O2/c1-4-36-22-13-17(7-10-21(22)37-15(2)3)23(31-18-8-5-16(6-9-18)24(28)29)26(35)33-32-25(34)19-11-12-30-14-20(19)27;3-2(4,5)1(6)7/h5-15,23,31H,4H2,1-3H3,(H3,28,29)(H,32,34)(H,33,35);(H,6,7). The Morgan fingerprint density at radius 3 is 2.23 bits per heavy atom. The Hall–Kier alpha value is -4.86. The average Bonchev–Trinajstić information content (AvgIpc) is 2.95. The van der Waals surface area contributed by atoms with Gasteiger partial charge in [-0.2, -0.15) is 13.2 Å². The number of aromatic nitrogens is 1. The second kappa shape index (κ2) is 16.1. The van der Waals surface area contributed by atoms with Crippen molar-refractivity contribution < 1.29 is 42.1 Å². The van der Waals surface area contributed by atoms with Gasteiger partial charge >= 0.3 is 12.1 Å². The topological polar surface area (TPSA) is 189 Å². The Morgan fingerprint density at radius 1 is 1.07 bits per heavy atom. The van der Waals surface area contributed by atoms with Gasteiger partial charge in [-0.1, -0.05) is 6.07 Å². The number of nitrogens with two attached hydrogens (primary N) is 1. The van der Waals surface area contributed by atoms with E-state index in [1.807, 2.05) is 20.8 Å². The Bertz CT molecular complexity index is 1470. The van der Waals surface area contributed by atoms with E-state index in [1.165, 1.54) is 18.5 Å². The number of alkyl halides is 3. The largest absolute Gasteiger partial charge is 0.490 e. The fourth-order valence-electron chi connectivity index (χ4n) is 3.35. The second-order valence-electron chi connectivity index (χ2n) is 8.98.